The van der Waals surface area contributed by atoms with Gasteiger partial charge in [0.15, 0.2) is 5.60 Å². The third kappa shape index (κ3) is 3.18. The summed E-state index contributed by atoms with van der Waals surface area (Å²) in [5, 5.41) is 24.3. The van der Waals surface area contributed by atoms with Crippen LogP contribution < -0.4 is 9.47 Å². The van der Waals surface area contributed by atoms with Gasteiger partial charge in [0.05, 0.1) is 38.3 Å². The molecule has 0 bridgehead atoms. The lowest BCUT2D eigenvalue weighted by Crippen LogP contribution is -2.67. The van der Waals surface area contributed by atoms with E-state index in [4.69, 9.17) is 14.2 Å². The highest BCUT2D eigenvalue weighted by molar-refractivity contribution is 9.10. The first-order valence-electron chi connectivity index (χ1n) is 13.1. The average Bonchev–Trinajstić information content (AvgIpc) is 3.27. The maximum atomic E-state index is 13.3. The van der Waals surface area contributed by atoms with Gasteiger partial charge in [0.25, 0.3) is 0 Å². The first kappa shape index (κ1) is 24.5. The SMILES string of the molecule is COc1cncc2c1C1(O)C(CN3CC4(COC4)C3)C(CO)C(c3ccccc3)C1(c1ccc(Br)cc1)O2. The quantitative estimate of drug-likeness (QED) is 0.461. The maximum Gasteiger partial charge on any atom is 0.174 e. The fraction of sp³-hybridized carbons (Fsp3) is 0.433. The van der Waals surface area contributed by atoms with E-state index in [-0.39, 0.29) is 29.8 Å². The Labute approximate surface area is 230 Å². The maximum absolute atomic E-state index is 13.3. The van der Waals surface area contributed by atoms with E-state index < -0.39 is 11.2 Å². The molecule has 5 unspecified atom stereocenters. The monoisotopic (exact) mass is 578 g/mol. The molecule has 5 atom stereocenters. The number of aromatic nitrogens is 1. The summed E-state index contributed by atoms with van der Waals surface area (Å²) < 4.78 is 19.2. The van der Waals surface area contributed by atoms with Gasteiger partial charge >= 0.3 is 0 Å². The molecular weight excluding hydrogens is 548 g/mol. The number of rotatable bonds is 6. The number of pyridine rings is 1. The lowest BCUT2D eigenvalue weighted by molar-refractivity contribution is -0.200. The van der Waals surface area contributed by atoms with Gasteiger partial charge in [0, 0.05) is 53.9 Å². The molecule has 1 aromatic heterocycles. The first-order valence-corrected chi connectivity index (χ1v) is 13.9. The van der Waals surface area contributed by atoms with Crippen LogP contribution in [0.25, 0.3) is 0 Å². The van der Waals surface area contributed by atoms with E-state index in [1.807, 2.05) is 42.5 Å². The number of hydrogen-bond donors (Lipinski definition) is 2. The molecule has 8 heteroatoms. The number of hydrogen-bond acceptors (Lipinski definition) is 7. The molecule has 1 aliphatic carbocycles. The molecule has 38 heavy (non-hydrogen) atoms. The Morgan fingerprint density at radius 3 is 2.45 bits per heavy atom. The fourth-order valence-electron chi connectivity index (χ4n) is 7.75. The van der Waals surface area contributed by atoms with Crippen LogP contribution in [0.4, 0.5) is 0 Å². The van der Waals surface area contributed by atoms with E-state index in [1.54, 1.807) is 19.5 Å². The van der Waals surface area contributed by atoms with Gasteiger partial charge in [-0.1, -0.05) is 58.4 Å². The summed E-state index contributed by atoms with van der Waals surface area (Å²) in [6, 6.07) is 18.1. The fourth-order valence-corrected chi connectivity index (χ4v) is 8.02. The van der Waals surface area contributed by atoms with Gasteiger partial charge in [0.2, 0.25) is 0 Å². The lowest BCUT2D eigenvalue weighted by Gasteiger charge is -2.56. The predicted octanol–water partition coefficient (Wildman–Crippen LogP) is 3.68. The van der Waals surface area contributed by atoms with Crippen LogP contribution in [0.2, 0.25) is 0 Å². The van der Waals surface area contributed by atoms with Crippen molar-refractivity contribution >= 4 is 15.9 Å². The van der Waals surface area contributed by atoms with Gasteiger partial charge in [-0.3, -0.25) is 4.98 Å². The molecule has 7 rings (SSSR count). The zero-order valence-corrected chi connectivity index (χ0v) is 22.8. The van der Waals surface area contributed by atoms with Crippen molar-refractivity contribution in [2.45, 2.75) is 17.1 Å². The zero-order chi connectivity index (χ0) is 26.1. The Bertz CT molecular complexity index is 1340. The van der Waals surface area contributed by atoms with Gasteiger partial charge in [-0.2, -0.15) is 0 Å². The number of methoxy groups -OCH3 is 1. The van der Waals surface area contributed by atoms with Crippen LogP contribution in [0.5, 0.6) is 11.5 Å². The minimum Gasteiger partial charge on any atom is -0.495 e. The van der Waals surface area contributed by atoms with Gasteiger partial charge < -0.3 is 29.3 Å². The van der Waals surface area contributed by atoms with Crippen molar-refractivity contribution in [3.8, 4) is 11.5 Å². The van der Waals surface area contributed by atoms with Gasteiger partial charge in [-0.25, -0.2) is 0 Å². The summed E-state index contributed by atoms with van der Waals surface area (Å²) in [6.45, 7) is 3.99. The van der Waals surface area contributed by atoms with Crippen molar-refractivity contribution in [1.82, 2.24) is 9.88 Å². The molecule has 4 heterocycles. The molecule has 2 aromatic carbocycles. The molecule has 3 fully saturated rings. The normalized spacial score (nSPS) is 32.7. The molecule has 3 aliphatic heterocycles. The highest BCUT2D eigenvalue weighted by Crippen LogP contribution is 2.72. The van der Waals surface area contributed by atoms with E-state index in [9.17, 15) is 10.2 Å². The molecule has 1 spiro atoms. The van der Waals surface area contributed by atoms with Crippen molar-refractivity contribution in [3.05, 3.63) is 88.2 Å². The average molecular weight is 579 g/mol. The second-order valence-corrected chi connectivity index (χ2v) is 12.2. The third-order valence-electron chi connectivity index (χ3n) is 9.27. The Balaban J connectivity index is 1.46. The van der Waals surface area contributed by atoms with Crippen molar-refractivity contribution < 1.29 is 24.4 Å². The third-order valence-corrected chi connectivity index (χ3v) is 9.79. The summed E-state index contributed by atoms with van der Waals surface area (Å²) in [5.74, 6) is 0.0733. The van der Waals surface area contributed by atoms with Crippen LogP contribution in [0, 0.1) is 17.3 Å². The minimum atomic E-state index is -1.49. The number of aliphatic hydroxyl groups is 2. The number of fused-ring (bicyclic) bond motifs is 3. The number of likely N-dealkylation sites (tertiary alicyclic amines) is 1. The highest BCUT2D eigenvalue weighted by atomic mass is 79.9. The topological polar surface area (TPSA) is 84.3 Å². The van der Waals surface area contributed by atoms with E-state index in [0.29, 0.717) is 23.6 Å². The lowest BCUT2D eigenvalue weighted by atomic mass is 9.69. The smallest absolute Gasteiger partial charge is 0.174 e. The van der Waals surface area contributed by atoms with Crippen molar-refractivity contribution in [1.29, 1.82) is 0 Å². The summed E-state index contributed by atoms with van der Waals surface area (Å²) in [4.78, 5) is 6.76. The highest BCUT2D eigenvalue weighted by Gasteiger charge is 2.76. The number of ether oxygens (including phenoxy) is 3. The second kappa shape index (κ2) is 8.76. The number of aliphatic hydroxyl groups excluding tert-OH is 1. The largest absolute Gasteiger partial charge is 0.495 e. The summed E-state index contributed by atoms with van der Waals surface area (Å²) in [6.07, 6.45) is 3.31. The van der Waals surface area contributed by atoms with E-state index in [1.165, 1.54) is 0 Å². The van der Waals surface area contributed by atoms with E-state index in [2.05, 4.69) is 37.9 Å². The minimum absolute atomic E-state index is 0.0843. The van der Waals surface area contributed by atoms with Crippen molar-refractivity contribution in [3.63, 3.8) is 0 Å². The molecule has 1 saturated carbocycles. The summed E-state index contributed by atoms with van der Waals surface area (Å²) >= 11 is 3.57. The Morgan fingerprint density at radius 2 is 1.82 bits per heavy atom. The molecule has 198 valence electrons. The molecule has 3 aromatic rings. The Hall–Kier alpha value is -2.49. The molecule has 2 N–H and O–H groups in total. The standard InChI is InChI=1S/C30H31BrN2O5/c1-36-24-11-32-12-25-27(24)29(35)23(13-33-15-28(16-33)17-37-18-28)22(14-34)26(19-5-3-2-4-6-19)30(29,38-25)20-7-9-21(31)10-8-20/h2-12,22-23,26,34-35H,13-18H2,1H3. The van der Waals surface area contributed by atoms with Crippen LogP contribution >= 0.6 is 15.9 Å². The molecule has 0 amide bonds. The molecule has 4 aliphatic rings. The predicted molar refractivity (Wildman–Crippen MR) is 144 cm³/mol. The number of benzene rings is 2. The van der Waals surface area contributed by atoms with Crippen molar-refractivity contribution in [2.75, 3.05) is 46.6 Å². The van der Waals surface area contributed by atoms with E-state index >= 15 is 0 Å². The molecular formula is C30H31BrN2O5. The Morgan fingerprint density at radius 1 is 1.08 bits per heavy atom. The second-order valence-electron chi connectivity index (χ2n) is 11.3. The molecule has 7 nitrogen and oxygen atoms in total. The van der Waals surface area contributed by atoms with Crippen LogP contribution in [-0.2, 0) is 15.9 Å². The summed E-state index contributed by atoms with van der Waals surface area (Å²) in [5.41, 5.74) is 0.0299. The van der Waals surface area contributed by atoms with Crippen LogP contribution in [0.3, 0.4) is 0 Å². The van der Waals surface area contributed by atoms with Crippen LogP contribution in [0.15, 0.2) is 71.5 Å². The van der Waals surface area contributed by atoms with Crippen LogP contribution in [-0.4, -0.2) is 66.7 Å². The zero-order valence-electron chi connectivity index (χ0n) is 21.2. The van der Waals surface area contributed by atoms with Gasteiger partial charge in [-0.05, 0) is 23.3 Å². The van der Waals surface area contributed by atoms with Gasteiger partial charge in [-0.15, -0.1) is 0 Å². The van der Waals surface area contributed by atoms with Crippen molar-refractivity contribution in [2.24, 2.45) is 17.3 Å². The summed E-state index contributed by atoms with van der Waals surface area (Å²) in [7, 11) is 1.60. The van der Waals surface area contributed by atoms with E-state index in [0.717, 1.165) is 41.9 Å². The number of halogens is 1. The first-order chi connectivity index (χ1) is 18.5. The van der Waals surface area contributed by atoms with Gasteiger partial charge in [0.1, 0.15) is 17.1 Å². The molecule has 0 radical (unpaired) electrons. The Kier molecular flexibility index (Phi) is 5.66. The van der Waals surface area contributed by atoms with Crippen LogP contribution in [0.1, 0.15) is 22.6 Å². The number of nitrogens with zero attached hydrogens (tertiary/aromatic N) is 2. The molecule has 2 saturated heterocycles.